The van der Waals surface area contributed by atoms with Crippen LogP contribution < -0.4 is 5.32 Å². The lowest BCUT2D eigenvalue weighted by atomic mass is 10.2. The van der Waals surface area contributed by atoms with Crippen LogP contribution in [-0.4, -0.2) is 31.0 Å². The van der Waals surface area contributed by atoms with Crippen molar-refractivity contribution in [2.75, 3.05) is 25.1 Å². The summed E-state index contributed by atoms with van der Waals surface area (Å²) in [5.41, 5.74) is 0.368. The molecule has 0 aliphatic rings. The Morgan fingerprint density at radius 2 is 2.11 bits per heavy atom. The number of hydrogen-bond acceptors (Lipinski definition) is 3. The fourth-order valence-electron chi connectivity index (χ4n) is 1.36. The molecule has 0 saturated heterocycles. The minimum atomic E-state index is -0.651. The van der Waals surface area contributed by atoms with Crippen LogP contribution in [0.5, 0.6) is 0 Å². The molecule has 0 amide bonds. The first-order valence-corrected chi connectivity index (χ1v) is 6.73. The van der Waals surface area contributed by atoms with E-state index in [1.54, 1.807) is 12.1 Å². The van der Waals surface area contributed by atoms with Crippen molar-refractivity contribution in [2.24, 2.45) is 5.92 Å². The second kappa shape index (κ2) is 7.71. The smallest absolute Gasteiger partial charge is 0.146 e. The monoisotopic (exact) mass is 319 g/mol. The average molecular weight is 320 g/mol. The first-order chi connectivity index (χ1) is 8.49. The minimum Gasteiger partial charge on any atom is -0.389 e. The number of aliphatic hydroxyl groups is 1. The Bertz CT molecular complexity index is 374. The van der Waals surface area contributed by atoms with Crippen LogP contribution in [0, 0.1) is 11.7 Å². The van der Waals surface area contributed by atoms with Gasteiger partial charge in [0.25, 0.3) is 0 Å². The maximum atomic E-state index is 13.4. The molecule has 0 aliphatic heterocycles. The van der Waals surface area contributed by atoms with Gasteiger partial charge in [0.1, 0.15) is 5.82 Å². The number of rotatable bonds is 7. The van der Waals surface area contributed by atoms with E-state index in [1.165, 1.54) is 6.07 Å². The Morgan fingerprint density at radius 3 is 2.78 bits per heavy atom. The zero-order chi connectivity index (χ0) is 13.5. The Balaban J connectivity index is 2.33. The summed E-state index contributed by atoms with van der Waals surface area (Å²) in [6, 6.07) is 4.63. The molecule has 0 bridgehead atoms. The summed E-state index contributed by atoms with van der Waals surface area (Å²) in [7, 11) is 0. The van der Waals surface area contributed by atoms with Crippen molar-refractivity contribution in [3.8, 4) is 0 Å². The van der Waals surface area contributed by atoms with E-state index >= 15 is 0 Å². The van der Waals surface area contributed by atoms with Crippen molar-refractivity contribution < 1.29 is 14.2 Å². The van der Waals surface area contributed by atoms with Crippen LogP contribution >= 0.6 is 15.9 Å². The standard InChI is InChI=1S/C13H19BrFNO2/c1-9(2)7-18-8-11(17)6-16-13-5-10(14)3-4-12(13)15/h3-5,9,11,16-17H,6-8H2,1-2H3. The van der Waals surface area contributed by atoms with Gasteiger partial charge in [-0.15, -0.1) is 0 Å². The van der Waals surface area contributed by atoms with E-state index in [0.29, 0.717) is 18.2 Å². The maximum absolute atomic E-state index is 13.4. The molecule has 0 fully saturated rings. The topological polar surface area (TPSA) is 41.5 Å². The van der Waals surface area contributed by atoms with Crippen LogP contribution in [-0.2, 0) is 4.74 Å². The lowest BCUT2D eigenvalue weighted by molar-refractivity contribution is 0.0317. The molecular formula is C13H19BrFNO2. The van der Waals surface area contributed by atoms with Crippen LogP contribution in [0.3, 0.4) is 0 Å². The first-order valence-electron chi connectivity index (χ1n) is 5.93. The van der Waals surface area contributed by atoms with Gasteiger partial charge in [0, 0.05) is 17.6 Å². The molecule has 2 N–H and O–H groups in total. The molecule has 1 atom stereocenters. The second-order valence-electron chi connectivity index (χ2n) is 4.59. The molecule has 102 valence electrons. The van der Waals surface area contributed by atoms with Crippen molar-refractivity contribution in [3.63, 3.8) is 0 Å². The fourth-order valence-corrected chi connectivity index (χ4v) is 1.72. The normalized spacial score (nSPS) is 12.8. The molecule has 0 radical (unpaired) electrons. The summed E-state index contributed by atoms with van der Waals surface area (Å²) < 4.78 is 19.5. The van der Waals surface area contributed by atoms with Crippen LogP contribution in [0.4, 0.5) is 10.1 Å². The van der Waals surface area contributed by atoms with Gasteiger partial charge in [-0.05, 0) is 24.1 Å². The third kappa shape index (κ3) is 5.80. The van der Waals surface area contributed by atoms with Gasteiger partial charge in [0.15, 0.2) is 0 Å². The van der Waals surface area contributed by atoms with Gasteiger partial charge >= 0.3 is 0 Å². The summed E-state index contributed by atoms with van der Waals surface area (Å²) in [6.45, 7) is 5.21. The summed E-state index contributed by atoms with van der Waals surface area (Å²) in [5, 5.41) is 12.5. The largest absolute Gasteiger partial charge is 0.389 e. The molecule has 0 spiro atoms. The van der Waals surface area contributed by atoms with Crippen LogP contribution in [0.1, 0.15) is 13.8 Å². The number of anilines is 1. The highest BCUT2D eigenvalue weighted by molar-refractivity contribution is 9.10. The number of aliphatic hydroxyl groups excluding tert-OH is 1. The number of nitrogens with one attached hydrogen (secondary N) is 1. The molecule has 0 heterocycles. The lowest BCUT2D eigenvalue weighted by Crippen LogP contribution is -2.26. The molecule has 0 aliphatic carbocycles. The Labute approximate surface area is 115 Å². The SMILES string of the molecule is CC(C)COCC(O)CNc1cc(Br)ccc1F. The van der Waals surface area contributed by atoms with E-state index in [9.17, 15) is 9.50 Å². The summed E-state index contributed by atoms with van der Waals surface area (Å²) >= 11 is 3.27. The molecule has 0 aromatic heterocycles. The Morgan fingerprint density at radius 1 is 1.39 bits per heavy atom. The van der Waals surface area contributed by atoms with Crippen LogP contribution in [0.15, 0.2) is 22.7 Å². The van der Waals surface area contributed by atoms with Gasteiger partial charge in [0.05, 0.1) is 18.4 Å². The van der Waals surface area contributed by atoms with Gasteiger partial charge in [-0.2, -0.15) is 0 Å². The minimum absolute atomic E-state index is 0.251. The lowest BCUT2D eigenvalue weighted by Gasteiger charge is -2.14. The predicted octanol–water partition coefficient (Wildman–Crippen LogP) is 3.03. The van der Waals surface area contributed by atoms with E-state index < -0.39 is 6.10 Å². The third-order valence-corrected chi connectivity index (χ3v) is 2.71. The fraction of sp³-hybridized carbons (Fsp3) is 0.538. The number of hydrogen-bond donors (Lipinski definition) is 2. The first kappa shape index (κ1) is 15.4. The van der Waals surface area contributed by atoms with Crippen molar-refractivity contribution in [3.05, 3.63) is 28.5 Å². The molecule has 1 rings (SSSR count). The molecule has 0 saturated carbocycles. The predicted molar refractivity (Wildman–Crippen MR) is 74.3 cm³/mol. The molecule has 1 unspecified atom stereocenters. The highest BCUT2D eigenvalue weighted by Crippen LogP contribution is 2.19. The summed E-state index contributed by atoms with van der Waals surface area (Å²) in [4.78, 5) is 0. The van der Waals surface area contributed by atoms with Gasteiger partial charge in [0.2, 0.25) is 0 Å². The zero-order valence-corrected chi connectivity index (χ0v) is 12.2. The molecule has 5 heteroatoms. The van der Waals surface area contributed by atoms with E-state index in [4.69, 9.17) is 4.74 Å². The highest BCUT2D eigenvalue weighted by Gasteiger charge is 2.07. The second-order valence-corrected chi connectivity index (χ2v) is 5.51. The van der Waals surface area contributed by atoms with Gasteiger partial charge in [-0.1, -0.05) is 29.8 Å². The number of ether oxygens (including phenoxy) is 1. The quantitative estimate of drug-likeness (QED) is 0.811. The molecule has 1 aromatic carbocycles. The zero-order valence-electron chi connectivity index (χ0n) is 10.6. The van der Waals surface area contributed by atoms with E-state index in [0.717, 1.165) is 4.47 Å². The van der Waals surface area contributed by atoms with Gasteiger partial charge in [-0.25, -0.2) is 4.39 Å². The highest BCUT2D eigenvalue weighted by atomic mass is 79.9. The van der Waals surface area contributed by atoms with E-state index in [2.05, 4.69) is 21.2 Å². The van der Waals surface area contributed by atoms with E-state index in [-0.39, 0.29) is 19.0 Å². The van der Waals surface area contributed by atoms with Crippen molar-refractivity contribution in [1.82, 2.24) is 0 Å². The third-order valence-electron chi connectivity index (χ3n) is 2.22. The molecular weight excluding hydrogens is 301 g/mol. The van der Waals surface area contributed by atoms with Crippen molar-refractivity contribution >= 4 is 21.6 Å². The Hall–Kier alpha value is -0.650. The van der Waals surface area contributed by atoms with Crippen LogP contribution in [0.2, 0.25) is 0 Å². The molecule has 18 heavy (non-hydrogen) atoms. The molecule has 1 aromatic rings. The summed E-state index contributed by atoms with van der Waals surface area (Å²) in [5.74, 6) is 0.0983. The van der Waals surface area contributed by atoms with Gasteiger partial charge in [-0.3, -0.25) is 0 Å². The summed E-state index contributed by atoms with van der Waals surface area (Å²) in [6.07, 6.45) is -0.651. The van der Waals surface area contributed by atoms with Gasteiger partial charge < -0.3 is 15.2 Å². The number of halogens is 2. The van der Waals surface area contributed by atoms with E-state index in [1.807, 2.05) is 13.8 Å². The number of benzene rings is 1. The maximum Gasteiger partial charge on any atom is 0.146 e. The van der Waals surface area contributed by atoms with Crippen molar-refractivity contribution in [2.45, 2.75) is 20.0 Å². The molecule has 3 nitrogen and oxygen atoms in total. The average Bonchev–Trinajstić information content (AvgIpc) is 2.30. The Kier molecular flexibility index (Phi) is 6.60. The van der Waals surface area contributed by atoms with Crippen molar-refractivity contribution in [1.29, 1.82) is 0 Å². The van der Waals surface area contributed by atoms with Crippen LogP contribution in [0.25, 0.3) is 0 Å².